The minimum absolute atomic E-state index is 0. The number of hydrogen-bond donors (Lipinski definition) is 0. The van der Waals surface area contributed by atoms with Crippen molar-refractivity contribution in [2.24, 2.45) is 0 Å². The van der Waals surface area contributed by atoms with E-state index in [-0.39, 0.29) is 35.1 Å². The summed E-state index contributed by atoms with van der Waals surface area (Å²) in [6, 6.07) is 6.41. The van der Waals surface area contributed by atoms with Crippen molar-refractivity contribution in [1.82, 2.24) is 9.88 Å². The van der Waals surface area contributed by atoms with Crippen LogP contribution in [0, 0.1) is 11.3 Å². The van der Waals surface area contributed by atoms with Crippen molar-refractivity contribution >= 4 is 27.8 Å². The predicted molar refractivity (Wildman–Crippen MR) is 74.3 cm³/mol. The quantitative estimate of drug-likeness (QED) is 0.298. The SMILES string of the molecule is N#CC1=C(C(=O)[O-])N2C(=O)/C(=C/c3ccccn3)C2S(=O)(=O)C1.[Na+]. The standard InChI is InChI=1S/C14H9N3O5S.Na/c15-6-8-7-23(21,22)13-10(5-9-3-1-2-4-16-9)12(18)17(13)11(8)14(19)20;/h1-5,13H,7H2,(H,19,20);/q;+1/p-1/b10-5-;. The summed E-state index contributed by atoms with van der Waals surface area (Å²) < 4.78 is 24.5. The Morgan fingerprint density at radius 2 is 2.17 bits per heavy atom. The molecule has 2 aliphatic rings. The average Bonchev–Trinajstić information content (AvgIpc) is 2.51. The molecular formula is C14H8N3NaO5S. The van der Waals surface area contributed by atoms with Crippen LogP contribution in [0.2, 0.25) is 0 Å². The Kier molecular flexibility index (Phi) is 4.96. The number of sulfone groups is 1. The second kappa shape index (κ2) is 6.49. The second-order valence-corrected chi connectivity index (χ2v) is 6.98. The number of fused-ring (bicyclic) bond motifs is 1. The van der Waals surface area contributed by atoms with E-state index in [2.05, 4.69) is 4.98 Å². The number of rotatable bonds is 2. The minimum Gasteiger partial charge on any atom is -0.543 e. The number of pyridine rings is 1. The van der Waals surface area contributed by atoms with E-state index in [1.54, 1.807) is 18.2 Å². The number of carboxylic acid groups (broad SMARTS) is 1. The number of amides is 1. The summed E-state index contributed by atoms with van der Waals surface area (Å²) in [4.78, 5) is 27.9. The van der Waals surface area contributed by atoms with Crippen molar-refractivity contribution in [2.45, 2.75) is 5.37 Å². The van der Waals surface area contributed by atoms with Crippen LogP contribution in [0.4, 0.5) is 0 Å². The van der Waals surface area contributed by atoms with Gasteiger partial charge in [-0.05, 0) is 18.2 Å². The molecule has 0 N–H and O–H groups in total. The van der Waals surface area contributed by atoms with E-state index in [1.165, 1.54) is 18.3 Å². The molecule has 8 nitrogen and oxygen atoms in total. The van der Waals surface area contributed by atoms with Gasteiger partial charge < -0.3 is 9.90 Å². The fourth-order valence-electron chi connectivity index (χ4n) is 2.55. The van der Waals surface area contributed by atoms with Gasteiger partial charge in [-0.15, -0.1) is 0 Å². The van der Waals surface area contributed by atoms with Crippen LogP contribution in [-0.2, 0) is 19.4 Å². The first-order chi connectivity index (χ1) is 10.9. The number of nitriles is 1. The van der Waals surface area contributed by atoms with Crippen LogP contribution in [0.1, 0.15) is 5.69 Å². The molecular weight excluding hydrogens is 345 g/mol. The average molecular weight is 353 g/mol. The smallest absolute Gasteiger partial charge is 0.543 e. The fraction of sp³-hybridized carbons (Fsp3) is 0.143. The third-order valence-corrected chi connectivity index (χ3v) is 5.33. The number of β-lactam (4-membered cyclic amide) rings is 1. The van der Waals surface area contributed by atoms with Crippen LogP contribution in [0.5, 0.6) is 0 Å². The maximum absolute atomic E-state index is 12.3. The second-order valence-electron chi connectivity index (χ2n) is 4.92. The Hall–Kier alpha value is -1.99. The number of carbonyl (C=O) groups excluding carboxylic acids is 2. The van der Waals surface area contributed by atoms with E-state index >= 15 is 0 Å². The Bertz CT molecular complexity index is 931. The number of hydrogen-bond acceptors (Lipinski definition) is 7. The largest absolute Gasteiger partial charge is 1.00 e. The molecule has 1 aromatic heterocycles. The van der Waals surface area contributed by atoms with E-state index in [9.17, 15) is 23.1 Å². The Balaban J connectivity index is 0.00000208. The third-order valence-electron chi connectivity index (χ3n) is 3.50. The van der Waals surface area contributed by atoms with E-state index in [0.717, 1.165) is 0 Å². The molecule has 0 radical (unpaired) electrons. The molecule has 1 atom stereocenters. The van der Waals surface area contributed by atoms with E-state index < -0.39 is 44.1 Å². The molecule has 10 heteroatoms. The molecule has 116 valence electrons. The van der Waals surface area contributed by atoms with Crippen LogP contribution in [0.15, 0.2) is 41.2 Å². The molecule has 0 aliphatic carbocycles. The minimum atomic E-state index is -3.92. The van der Waals surface area contributed by atoms with Gasteiger partial charge in [0.15, 0.2) is 15.2 Å². The zero-order valence-electron chi connectivity index (χ0n) is 12.5. The molecule has 0 aromatic carbocycles. The van der Waals surface area contributed by atoms with Crippen LogP contribution < -0.4 is 34.7 Å². The number of carboxylic acids is 1. The number of aromatic nitrogens is 1. The molecule has 0 spiro atoms. The molecule has 1 saturated heterocycles. The summed E-state index contributed by atoms with van der Waals surface area (Å²) in [5.41, 5.74) is -0.905. The Morgan fingerprint density at radius 1 is 1.46 bits per heavy atom. The van der Waals surface area contributed by atoms with Gasteiger partial charge in [-0.1, -0.05) is 6.07 Å². The summed E-state index contributed by atoms with van der Waals surface area (Å²) >= 11 is 0. The van der Waals surface area contributed by atoms with Crippen molar-refractivity contribution < 1.29 is 52.7 Å². The molecule has 0 bridgehead atoms. The van der Waals surface area contributed by atoms with Gasteiger partial charge in [0.05, 0.1) is 40.3 Å². The van der Waals surface area contributed by atoms with Gasteiger partial charge in [0, 0.05) is 6.20 Å². The van der Waals surface area contributed by atoms with Crippen LogP contribution >= 0.6 is 0 Å². The number of carbonyl (C=O) groups is 2. The summed E-state index contributed by atoms with van der Waals surface area (Å²) in [6.07, 6.45) is 2.77. The molecule has 2 aliphatic heterocycles. The van der Waals surface area contributed by atoms with Crippen LogP contribution in [-0.4, -0.2) is 41.3 Å². The first-order valence-electron chi connectivity index (χ1n) is 6.39. The normalized spacial score (nSPS) is 23.0. The van der Waals surface area contributed by atoms with Crippen LogP contribution in [0.3, 0.4) is 0 Å². The molecule has 1 amide bonds. The van der Waals surface area contributed by atoms with Gasteiger partial charge in [-0.25, -0.2) is 8.42 Å². The van der Waals surface area contributed by atoms with Gasteiger partial charge in [-0.3, -0.25) is 14.7 Å². The Morgan fingerprint density at radius 3 is 2.71 bits per heavy atom. The Labute approximate surface area is 159 Å². The first kappa shape index (κ1) is 18.4. The van der Waals surface area contributed by atoms with Crippen molar-refractivity contribution in [3.8, 4) is 6.07 Å². The molecule has 1 aromatic rings. The van der Waals surface area contributed by atoms with Crippen molar-refractivity contribution in [1.29, 1.82) is 5.26 Å². The van der Waals surface area contributed by atoms with Crippen molar-refractivity contribution in [3.05, 3.63) is 46.9 Å². The summed E-state index contributed by atoms with van der Waals surface area (Å²) in [6.45, 7) is 0. The van der Waals surface area contributed by atoms with Gasteiger partial charge in [0.25, 0.3) is 5.91 Å². The maximum Gasteiger partial charge on any atom is 1.00 e. The van der Waals surface area contributed by atoms with Gasteiger partial charge >= 0.3 is 29.6 Å². The van der Waals surface area contributed by atoms with E-state index in [0.29, 0.717) is 10.6 Å². The van der Waals surface area contributed by atoms with Gasteiger partial charge in [-0.2, -0.15) is 5.26 Å². The molecule has 1 fully saturated rings. The van der Waals surface area contributed by atoms with E-state index in [1.807, 2.05) is 0 Å². The number of aliphatic carboxylic acids is 1. The monoisotopic (exact) mass is 353 g/mol. The first-order valence-corrected chi connectivity index (χ1v) is 8.10. The summed E-state index contributed by atoms with van der Waals surface area (Å²) in [5, 5.41) is 18.7. The summed E-state index contributed by atoms with van der Waals surface area (Å²) in [5.74, 6) is -3.30. The fourth-order valence-corrected chi connectivity index (χ4v) is 4.39. The van der Waals surface area contributed by atoms with Gasteiger partial charge in [0.1, 0.15) is 0 Å². The van der Waals surface area contributed by atoms with Crippen LogP contribution in [0.25, 0.3) is 6.08 Å². The zero-order chi connectivity index (χ0) is 16.8. The number of nitrogens with zero attached hydrogens (tertiary/aromatic N) is 3. The van der Waals surface area contributed by atoms with Crippen molar-refractivity contribution in [3.63, 3.8) is 0 Å². The molecule has 0 saturated carbocycles. The molecule has 3 rings (SSSR count). The van der Waals surface area contributed by atoms with Gasteiger partial charge in [0.2, 0.25) is 0 Å². The van der Waals surface area contributed by atoms with E-state index in [4.69, 9.17) is 5.26 Å². The molecule has 1 unspecified atom stereocenters. The predicted octanol–water partition coefficient (Wildman–Crippen LogP) is -4.41. The topological polar surface area (TPSA) is 131 Å². The van der Waals surface area contributed by atoms with Crippen molar-refractivity contribution in [2.75, 3.05) is 5.75 Å². The maximum atomic E-state index is 12.3. The molecule has 3 heterocycles. The third kappa shape index (κ3) is 2.78. The molecule has 24 heavy (non-hydrogen) atoms. The summed E-state index contributed by atoms with van der Waals surface area (Å²) in [7, 11) is -3.92. The zero-order valence-corrected chi connectivity index (χ0v) is 15.3.